The standard InChI is InChI=1S/C16H12N4/c1-2-6-13(7-3-1)19-20-15-9-5-4-8-14(15)16-12-17-10-11-18-16/h1-12H. The van der Waals surface area contributed by atoms with Gasteiger partial charge in [0.25, 0.3) is 0 Å². The molecule has 4 nitrogen and oxygen atoms in total. The second kappa shape index (κ2) is 5.84. The van der Waals surface area contributed by atoms with E-state index in [0.717, 1.165) is 22.6 Å². The molecule has 0 aliphatic rings. The molecule has 3 aromatic rings. The Kier molecular flexibility index (Phi) is 3.55. The second-order valence-electron chi connectivity index (χ2n) is 4.14. The van der Waals surface area contributed by atoms with Crippen LogP contribution in [0.4, 0.5) is 11.4 Å². The molecule has 3 rings (SSSR count). The van der Waals surface area contributed by atoms with E-state index in [0.29, 0.717) is 0 Å². The first-order valence-corrected chi connectivity index (χ1v) is 6.26. The molecule has 0 aliphatic heterocycles. The maximum Gasteiger partial charge on any atom is 0.0951 e. The summed E-state index contributed by atoms with van der Waals surface area (Å²) in [6, 6.07) is 17.4. The van der Waals surface area contributed by atoms with E-state index in [9.17, 15) is 0 Å². The highest BCUT2D eigenvalue weighted by Gasteiger charge is 2.04. The van der Waals surface area contributed by atoms with Crippen molar-refractivity contribution in [1.29, 1.82) is 0 Å². The van der Waals surface area contributed by atoms with Crippen LogP contribution in [0.25, 0.3) is 11.3 Å². The summed E-state index contributed by atoms with van der Waals surface area (Å²) >= 11 is 0. The van der Waals surface area contributed by atoms with Crippen molar-refractivity contribution >= 4 is 11.4 Å². The van der Waals surface area contributed by atoms with Gasteiger partial charge in [0.15, 0.2) is 0 Å². The third-order valence-electron chi connectivity index (χ3n) is 2.77. The largest absolute Gasteiger partial charge is 0.261 e. The van der Waals surface area contributed by atoms with Crippen molar-refractivity contribution in [3.05, 3.63) is 73.2 Å². The molecule has 0 amide bonds. The molecule has 96 valence electrons. The van der Waals surface area contributed by atoms with Gasteiger partial charge in [0, 0.05) is 18.0 Å². The number of aromatic nitrogens is 2. The molecule has 0 fully saturated rings. The fourth-order valence-corrected chi connectivity index (χ4v) is 1.82. The minimum Gasteiger partial charge on any atom is -0.261 e. The predicted octanol–water partition coefficient (Wildman–Crippen LogP) is 4.56. The zero-order chi connectivity index (χ0) is 13.6. The van der Waals surface area contributed by atoms with E-state index in [4.69, 9.17) is 0 Å². The van der Waals surface area contributed by atoms with Crippen LogP contribution in [0.1, 0.15) is 0 Å². The fourth-order valence-electron chi connectivity index (χ4n) is 1.82. The van der Waals surface area contributed by atoms with Crippen LogP contribution in [-0.4, -0.2) is 9.97 Å². The van der Waals surface area contributed by atoms with Crippen molar-refractivity contribution in [1.82, 2.24) is 9.97 Å². The molecule has 0 N–H and O–H groups in total. The minimum absolute atomic E-state index is 0.775. The molecule has 2 aromatic carbocycles. The summed E-state index contributed by atoms with van der Waals surface area (Å²) in [5, 5.41) is 8.55. The van der Waals surface area contributed by atoms with Crippen LogP contribution in [0.3, 0.4) is 0 Å². The molecular formula is C16H12N4. The van der Waals surface area contributed by atoms with Crippen LogP contribution < -0.4 is 0 Å². The van der Waals surface area contributed by atoms with E-state index < -0.39 is 0 Å². The molecule has 0 saturated carbocycles. The van der Waals surface area contributed by atoms with Crippen LogP contribution >= 0.6 is 0 Å². The van der Waals surface area contributed by atoms with Gasteiger partial charge in [0.05, 0.1) is 23.3 Å². The summed E-state index contributed by atoms with van der Waals surface area (Å²) in [6.45, 7) is 0. The van der Waals surface area contributed by atoms with E-state index >= 15 is 0 Å². The third kappa shape index (κ3) is 2.75. The zero-order valence-corrected chi connectivity index (χ0v) is 10.7. The van der Waals surface area contributed by atoms with E-state index in [1.807, 2.05) is 54.6 Å². The van der Waals surface area contributed by atoms with Crippen molar-refractivity contribution < 1.29 is 0 Å². The molecule has 1 heterocycles. The summed E-state index contributed by atoms with van der Waals surface area (Å²) in [5.74, 6) is 0. The quantitative estimate of drug-likeness (QED) is 0.648. The highest BCUT2D eigenvalue weighted by molar-refractivity contribution is 5.72. The lowest BCUT2D eigenvalue weighted by Gasteiger charge is -2.02. The van der Waals surface area contributed by atoms with Gasteiger partial charge in [-0.1, -0.05) is 36.4 Å². The lowest BCUT2D eigenvalue weighted by molar-refractivity contribution is 1.19. The number of benzene rings is 2. The van der Waals surface area contributed by atoms with Gasteiger partial charge in [-0.15, -0.1) is 5.11 Å². The topological polar surface area (TPSA) is 50.5 Å². The molecular weight excluding hydrogens is 248 g/mol. The number of hydrogen-bond acceptors (Lipinski definition) is 4. The molecule has 0 unspecified atom stereocenters. The Hall–Kier alpha value is -2.88. The summed E-state index contributed by atoms with van der Waals surface area (Å²) in [6.07, 6.45) is 5.04. The number of hydrogen-bond donors (Lipinski definition) is 0. The third-order valence-corrected chi connectivity index (χ3v) is 2.77. The zero-order valence-electron chi connectivity index (χ0n) is 10.7. The van der Waals surface area contributed by atoms with Crippen LogP contribution in [0.15, 0.2) is 83.4 Å². The highest BCUT2D eigenvalue weighted by Crippen LogP contribution is 2.29. The summed E-state index contributed by atoms with van der Waals surface area (Å²) in [4.78, 5) is 8.39. The van der Waals surface area contributed by atoms with Crippen molar-refractivity contribution in [3.63, 3.8) is 0 Å². The van der Waals surface area contributed by atoms with Gasteiger partial charge in [-0.05, 0) is 18.2 Å². The molecule has 4 heteroatoms. The maximum atomic E-state index is 4.31. The van der Waals surface area contributed by atoms with Crippen LogP contribution in [0, 0.1) is 0 Å². The van der Waals surface area contributed by atoms with Gasteiger partial charge < -0.3 is 0 Å². The maximum absolute atomic E-state index is 4.31. The molecule has 0 aliphatic carbocycles. The summed E-state index contributed by atoms with van der Waals surface area (Å²) in [5.41, 5.74) is 3.30. The highest BCUT2D eigenvalue weighted by atomic mass is 15.1. The number of azo groups is 1. The molecule has 0 bridgehead atoms. The van der Waals surface area contributed by atoms with E-state index in [1.165, 1.54) is 0 Å². The number of nitrogens with zero attached hydrogens (tertiary/aromatic N) is 4. The smallest absolute Gasteiger partial charge is 0.0951 e. The van der Waals surface area contributed by atoms with E-state index in [1.54, 1.807) is 18.6 Å². The van der Waals surface area contributed by atoms with E-state index in [2.05, 4.69) is 20.2 Å². The Bertz CT molecular complexity index is 709. The Morgan fingerprint density at radius 2 is 1.55 bits per heavy atom. The first kappa shape index (κ1) is 12.2. The van der Waals surface area contributed by atoms with Gasteiger partial charge in [0.1, 0.15) is 0 Å². The molecule has 0 spiro atoms. The number of rotatable bonds is 3. The van der Waals surface area contributed by atoms with Crippen molar-refractivity contribution in [2.24, 2.45) is 10.2 Å². The Morgan fingerprint density at radius 3 is 2.35 bits per heavy atom. The summed E-state index contributed by atoms with van der Waals surface area (Å²) in [7, 11) is 0. The fraction of sp³-hybridized carbons (Fsp3) is 0. The van der Waals surface area contributed by atoms with Crippen molar-refractivity contribution in [2.45, 2.75) is 0 Å². The van der Waals surface area contributed by atoms with E-state index in [-0.39, 0.29) is 0 Å². The van der Waals surface area contributed by atoms with Crippen molar-refractivity contribution in [3.8, 4) is 11.3 Å². The average Bonchev–Trinajstić information content (AvgIpc) is 2.55. The lowest BCUT2D eigenvalue weighted by Crippen LogP contribution is -1.84. The first-order valence-electron chi connectivity index (χ1n) is 6.26. The van der Waals surface area contributed by atoms with Crippen molar-refractivity contribution in [2.75, 3.05) is 0 Å². The Balaban J connectivity index is 1.97. The normalized spacial score (nSPS) is 10.8. The minimum atomic E-state index is 0.775. The van der Waals surface area contributed by atoms with Gasteiger partial charge in [-0.25, -0.2) is 0 Å². The Labute approximate surface area is 116 Å². The van der Waals surface area contributed by atoms with Gasteiger partial charge >= 0.3 is 0 Å². The molecule has 0 saturated heterocycles. The molecule has 0 atom stereocenters. The van der Waals surface area contributed by atoms with Gasteiger partial charge in [-0.2, -0.15) is 5.11 Å². The first-order chi connectivity index (χ1) is 9.93. The van der Waals surface area contributed by atoms with Crippen LogP contribution in [0.2, 0.25) is 0 Å². The predicted molar refractivity (Wildman–Crippen MR) is 78.1 cm³/mol. The second-order valence-corrected chi connectivity index (χ2v) is 4.14. The average molecular weight is 260 g/mol. The van der Waals surface area contributed by atoms with Gasteiger partial charge in [0.2, 0.25) is 0 Å². The van der Waals surface area contributed by atoms with Crippen LogP contribution in [-0.2, 0) is 0 Å². The monoisotopic (exact) mass is 260 g/mol. The van der Waals surface area contributed by atoms with Crippen LogP contribution in [0.5, 0.6) is 0 Å². The lowest BCUT2D eigenvalue weighted by atomic mass is 10.1. The Morgan fingerprint density at radius 1 is 0.750 bits per heavy atom. The summed E-state index contributed by atoms with van der Waals surface area (Å²) < 4.78 is 0. The molecule has 0 radical (unpaired) electrons. The van der Waals surface area contributed by atoms with Gasteiger partial charge in [-0.3, -0.25) is 9.97 Å². The molecule has 1 aromatic heterocycles. The molecule has 20 heavy (non-hydrogen) atoms. The SMILES string of the molecule is c1ccc(N=Nc2ccccc2-c2cnccn2)cc1.